The monoisotopic (exact) mass is 362 g/mol. The number of imidazole rings is 1. The maximum Gasteiger partial charge on any atom is 0.303 e. The van der Waals surface area contributed by atoms with E-state index < -0.39 is 0 Å². The number of hydrogen-bond donors (Lipinski definition) is 1. The standard InChI is InChI=1S/C15H23N4O2.2ClH/c1-17-6-7-18(15(17)11-16-21)5-2-8-19-9-3-13(4-10-19)14(20)12-19;;/h6-7,11,13H,2-5,8-10,12H2,1H3;2*1H/q+1;;/p-1. The molecule has 0 saturated carbocycles. The van der Waals surface area contributed by atoms with E-state index in [-0.39, 0.29) is 24.8 Å². The second-order valence-corrected chi connectivity index (χ2v) is 6.47. The molecule has 0 aliphatic carbocycles. The van der Waals surface area contributed by atoms with Crippen LogP contribution in [0.5, 0.6) is 0 Å². The van der Waals surface area contributed by atoms with Gasteiger partial charge >= 0.3 is 5.82 Å². The average Bonchev–Trinajstić information content (AvgIpc) is 2.82. The molecule has 6 nitrogen and oxygen atoms in total. The molecule has 130 valence electrons. The van der Waals surface area contributed by atoms with Gasteiger partial charge in [0.1, 0.15) is 18.9 Å². The molecule has 3 aliphatic heterocycles. The Bertz CT molecular complexity index is 566. The number of ketones is 1. The summed E-state index contributed by atoms with van der Waals surface area (Å²) in [4.78, 5) is 12.0. The number of Topliss-reactive ketones (excluding diaryl/α,β-unsaturated/α-hetero) is 1. The number of aryl methyl sites for hydroxylation is 2. The van der Waals surface area contributed by atoms with Gasteiger partial charge in [-0.2, -0.15) is 0 Å². The molecule has 3 saturated heterocycles. The van der Waals surface area contributed by atoms with Crippen molar-refractivity contribution in [1.82, 2.24) is 4.57 Å². The molecule has 3 aliphatic rings. The van der Waals surface area contributed by atoms with Crippen molar-refractivity contribution in [3.05, 3.63) is 18.2 Å². The van der Waals surface area contributed by atoms with Gasteiger partial charge in [-0.15, -0.1) is 0 Å². The Kier molecular flexibility index (Phi) is 7.04. The minimum absolute atomic E-state index is 0. The topological polar surface area (TPSA) is 58.5 Å². The third-order valence-corrected chi connectivity index (χ3v) is 5.18. The first-order valence-electron chi connectivity index (χ1n) is 7.74. The summed E-state index contributed by atoms with van der Waals surface area (Å²) < 4.78 is 5.02. The smallest absolute Gasteiger partial charge is 0.303 e. The summed E-state index contributed by atoms with van der Waals surface area (Å²) in [6.07, 6.45) is 8.63. The molecule has 4 rings (SSSR count). The molecular weight excluding hydrogens is 339 g/mol. The number of piperidine rings is 3. The minimum Gasteiger partial charge on any atom is -1.00 e. The molecule has 3 fully saturated rings. The van der Waals surface area contributed by atoms with Gasteiger partial charge in [0, 0.05) is 25.2 Å². The fourth-order valence-corrected chi connectivity index (χ4v) is 3.88. The molecule has 2 bridgehead atoms. The van der Waals surface area contributed by atoms with E-state index in [9.17, 15) is 4.79 Å². The van der Waals surface area contributed by atoms with Gasteiger partial charge in [-0.3, -0.25) is 4.79 Å². The summed E-state index contributed by atoms with van der Waals surface area (Å²) in [5.41, 5.74) is 0. The lowest BCUT2D eigenvalue weighted by Gasteiger charge is -2.48. The number of rotatable bonds is 5. The van der Waals surface area contributed by atoms with Crippen molar-refractivity contribution in [3.63, 3.8) is 0 Å². The van der Waals surface area contributed by atoms with Crippen LogP contribution < -0.4 is 29.4 Å². The van der Waals surface area contributed by atoms with Crippen molar-refractivity contribution in [2.75, 3.05) is 26.2 Å². The number of aromatic nitrogens is 2. The van der Waals surface area contributed by atoms with Crippen LogP contribution in [0.2, 0.25) is 0 Å². The minimum atomic E-state index is 0. The zero-order chi connectivity index (χ0) is 14.9. The number of quaternary nitrogens is 1. The predicted molar refractivity (Wildman–Crippen MR) is 77.1 cm³/mol. The van der Waals surface area contributed by atoms with E-state index in [0.717, 1.165) is 49.2 Å². The van der Waals surface area contributed by atoms with Crippen molar-refractivity contribution in [1.29, 1.82) is 0 Å². The maximum atomic E-state index is 12.0. The number of carbonyl (C=O) groups is 1. The fraction of sp³-hybridized carbons (Fsp3) is 0.667. The third kappa shape index (κ3) is 4.05. The Hall–Kier alpha value is -1.11. The van der Waals surface area contributed by atoms with Crippen LogP contribution in [-0.4, -0.2) is 52.4 Å². The van der Waals surface area contributed by atoms with Crippen LogP contribution in [0, 0.1) is 5.92 Å². The molecule has 1 aromatic heterocycles. The summed E-state index contributed by atoms with van der Waals surface area (Å²) in [6, 6.07) is 0. The molecule has 0 atom stereocenters. The van der Waals surface area contributed by atoms with E-state index in [1.54, 1.807) is 0 Å². The van der Waals surface area contributed by atoms with Gasteiger partial charge in [-0.1, -0.05) is 5.16 Å². The van der Waals surface area contributed by atoms with Crippen LogP contribution in [0.25, 0.3) is 0 Å². The van der Waals surface area contributed by atoms with E-state index in [1.165, 1.54) is 19.3 Å². The van der Waals surface area contributed by atoms with Crippen LogP contribution in [0.4, 0.5) is 0 Å². The zero-order valence-corrected chi connectivity index (χ0v) is 14.9. The Balaban J connectivity index is 0.00000132. The number of oxime groups is 1. The number of fused-ring (bicyclic) bond motifs is 3. The van der Waals surface area contributed by atoms with Gasteiger partial charge in [0.25, 0.3) is 0 Å². The maximum absolute atomic E-state index is 12.0. The highest BCUT2D eigenvalue weighted by Crippen LogP contribution is 2.31. The summed E-state index contributed by atoms with van der Waals surface area (Å²) in [5.74, 6) is 1.72. The van der Waals surface area contributed by atoms with Gasteiger partial charge in [-0.05, 0) is 0 Å². The Labute approximate surface area is 149 Å². The second-order valence-electron chi connectivity index (χ2n) is 6.47. The van der Waals surface area contributed by atoms with Crippen LogP contribution in [0.15, 0.2) is 17.5 Å². The first kappa shape index (κ1) is 19.9. The van der Waals surface area contributed by atoms with E-state index in [1.807, 2.05) is 24.0 Å². The first-order valence-corrected chi connectivity index (χ1v) is 7.74. The number of halogens is 2. The van der Waals surface area contributed by atoms with Crippen molar-refractivity contribution < 1.29 is 43.9 Å². The quantitative estimate of drug-likeness (QED) is 0.186. The number of nitrogens with zero attached hydrogens (tertiary/aromatic N) is 4. The van der Waals surface area contributed by atoms with Crippen LogP contribution in [0.1, 0.15) is 25.1 Å². The molecule has 0 aromatic carbocycles. The van der Waals surface area contributed by atoms with E-state index in [2.05, 4.69) is 9.72 Å². The van der Waals surface area contributed by atoms with Crippen molar-refractivity contribution in [2.24, 2.45) is 18.1 Å². The fourth-order valence-electron chi connectivity index (χ4n) is 3.88. The summed E-state index contributed by atoms with van der Waals surface area (Å²) >= 11 is 0. The van der Waals surface area contributed by atoms with Gasteiger partial charge in [0.2, 0.25) is 0 Å². The molecule has 1 N–H and O–H groups in total. The zero-order valence-electron chi connectivity index (χ0n) is 13.4. The van der Waals surface area contributed by atoms with E-state index in [0.29, 0.717) is 11.7 Å². The molecule has 23 heavy (non-hydrogen) atoms. The number of hydrogen-bond acceptors (Lipinski definition) is 3. The number of carbonyl (C=O) groups excluding carboxylic acids is 1. The SMILES string of the molecule is C[n+]1ccn(CCC[N+]23CCC(CC2)C(=O)C3)c1/C=N\O.[Cl-].[Cl-]. The second kappa shape index (κ2) is 8.13. The van der Waals surface area contributed by atoms with Crippen molar-refractivity contribution >= 4 is 12.0 Å². The Morgan fingerprint density at radius 1 is 1.43 bits per heavy atom. The van der Waals surface area contributed by atoms with Crippen molar-refractivity contribution in [2.45, 2.75) is 25.8 Å². The lowest BCUT2D eigenvalue weighted by atomic mass is 9.84. The molecular formula is C15H24Cl2N4O2. The van der Waals surface area contributed by atoms with Crippen LogP contribution >= 0.6 is 0 Å². The van der Waals surface area contributed by atoms with E-state index in [4.69, 9.17) is 5.21 Å². The Morgan fingerprint density at radius 2 is 2.13 bits per heavy atom. The first-order chi connectivity index (χ1) is 10.1. The van der Waals surface area contributed by atoms with Crippen molar-refractivity contribution in [3.8, 4) is 0 Å². The van der Waals surface area contributed by atoms with Gasteiger partial charge in [-0.25, -0.2) is 9.13 Å². The molecule has 1 aromatic rings. The molecule has 4 heterocycles. The highest BCUT2D eigenvalue weighted by Gasteiger charge is 2.44. The highest BCUT2D eigenvalue weighted by molar-refractivity contribution is 5.83. The van der Waals surface area contributed by atoms with Gasteiger partial charge in [0.15, 0.2) is 12.0 Å². The molecule has 8 heteroatoms. The van der Waals surface area contributed by atoms with E-state index >= 15 is 0 Å². The molecule has 0 unspecified atom stereocenters. The molecule has 0 radical (unpaired) electrons. The predicted octanol–water partition coefficient (Wildman–Crippen LogP) is -5.67. The lowest BCUT2D eigenvalue weighted by Crippen LogP contribution is -3.00. The molecule has 0 spiro atoms. The van der Waals surface area contributed by atoms with Crippen LogP contribution in [0.3, 0.4) is 0 Å². The average molecular weight is 363 g/mol. The Morgan fingerprint density at radius 3 is 2.74 bits per heavy atom. The summed E-state index contributed by atoms with van der Waals surface area (Å²) in [7, 11) is 1.93. The van der Waals surface area contributed by atoms with Gasteiger partial charge < -0.3 is 34.5 Å². The summed E-state index contributed by atoms with van der Waals surface area (Å²) in [6.45, 7) is 5.03. The molecule has 0 amide bonds. The third-order valence-electron chi connectivity index (χ3n) is 5.18. The normalized spacial score (nSPS) is 26.1. The largest absolute Gasteiger partial charge is 1.00 e. The summed E-state index contributed by atoms with van der Waals surface area (Å²) in [5, 5.41) is 11.9. The lowest BCUT2D eigenvalue weighted by molar-refractivity contribution is -0.931. The van der Waals surface area contributed by atoms with Gasteiger partial charge in [0.05, 0.1) is 33.2 Å². The highest BCUT2D eigenvalue weighted by atomic mass is 35.5. The van der Waals surface area contributed by atoms with Crippen LogP contribution in [-0.2, 0) is 18.4 Å².